The van der Waals surface area contributed by atoms with Gasteiger partial charge in [0, 0.05) is 5.75 Å². The molecule has 1 nitrogen and oxygen atoms in total. The first-order chi connectivity index (χ1) is 6.33. The molecule has 66 valence electrons. The zero-order valence-electron chi connectivity index (χ0n) is 7.72. The molecule has 13 heavy (non-hydrogen) atoms. The standard InChI is InChI=1S/C10H11O.BrH.Zn/c1-3-8-11-10-6-4-9(2)5-7-10;;/h3-6H,1,8H2,2H3;1H;/q-1;;+2/p-1. The van der Waals surface area contributed by atoms with Crippen LogP contribution in [0.5, 0.6) is 5.75 Å². The van der Waals surface area contributed by atoms with Crippen LogP contribution in [-0.2, 0) is 16.3 Å². The Morgan fingerprint density at radius 1 is 1.62 bits per heavy atom. The summed E-state index contributed by atoms with van der Waals surface area (Å²) >= 11 is 4.25. The van der Waals surface area contributed by atoms with Gasteiger partial charge in [0.2, 0.25) is 0 Å². The fourth-order valence-electron chi connectivity index (χ4n) is 0.727. The van der Waals surface area contributed by atoms with Crippen LogP contribution >= 0.6 is 13.6 Å². The molecule has 0 N–H and O–H groups in total. The summed E-state index contributed by atoms with van der Waals surface area (Å²) in [6.45, 7) is 6.12. The fraction of sp³-hybridized carbons (Fsp3) is 0.200. The van der Waals surface area contributed by atoms with Crippen molar-refractivity contribution >= 4 is 13.6 Å². The van der Waals surface area contributed by atoms with Gasteiger partial charge in [-0.1, -0.05) is 19.6 Å². The molecule has 0 saturated heterocycles. The van der Waals surface area contributed by atoms with Crippen molar-refractivity contribution in [3.05, 3.63) is 42.5 Å². The third-order valence-electron chi connectivity index (χ3n) is 1.30. The summed E-state index contributed by atoms with van der Waals surface area (Å²) in [6.07, 6.45) is 1.72. The molecule has 1 aromatic carbocycles. The van der Waals surface area contributed by atoms with Gasteiger partial charge in [0.05, 0.1) is 0 Å². The molecule has 0 heterocycles. The minimum atomic E-state index is 0.541. The summed E-state index contributed by atoms with van der Waals surface area (Å²) < 4.78 is 5.24. The van der Waals surface area contributed by atoms with E-state index in [4.69, 9.17) is 4.74 Å². The Balaban J connectivity index is 0.000000671. The molecule has 0 aliphatic rings. The van der Waals surface area contributed by atoms with Gasteiger partial charge in [0.15, 0.2) is 0 Å². The number of aryl methyl sites for hydroxylation is 1. The van der Waals surface area contributed by atoms with E-state index < -0.39 is 0 Å². The van der Waals surface area contributed by atoms with Gasteiger partial charge in [-0.3, -0.25) is 0 Å². The molecule has 3 heteroatoms. The van der Waals surface area contributed by atoms with Crippen molar-refractivity contribution in [1.29, 1.82) is 0 Å². The number of halogens is 1. The number of hydrogen-bond acceptors (Lipinski definition) is 1. The van der Waals surface area contributed by atoms with Gasteiger partial charge in [-0.05, 0) is 0 Å². The van der Waals surface area contributed by atoms with Crippen molar-refractivity contribution in [3.63, 3.8) is 0 Å². The number of benzene rings is 1. The van der Waals surface area contributed by atoms with Gasteiger partial charge in [-0.2, -0.15) is 17.7 Å². The molecule has 0 saturated carbocycles. The molecule has 0 atom stereocenters. The minimum absolute atomic E-state index is 0.541. The maximum atomic E-state index is 5.24. The van der Waals surface area contributed by atoms with Crippen LogP contribution in [-0.4, -0.2) is 6.61 Å². The SMILES string of the molecule is C=CCOc1[c-]cc(C)cc1.[Zn+][Br]. The second kappa shape index (κ2) is 8.46. The molecule has 0 fully saturated rings. The molecule has 1 rings (SSSR count). The Morgan fingerprint density at radius 2 is 2.31 bits per heavy atom. The Hall–Kier alpha value is -0.137. The van der Waals surface area contributed by atoms with E-state index in [0.29, 0.717) is 6.61 Å². The molecule has 0 bridgehead atoms. The molecule has 1 aromatic rings. The van der Waals surface area contributed by atoms with Crippen molar-refractivity contribution in [1.82, 2.24) is 0 Å². The van der Waals surface area contributed by atoms with E-state index in [1.807, 2.05) is 25.1 Å². The van der Waals surface area contributed by atoms with E-state index in [0.717, 1.165) is 5.75 Å². The van der Waals surface area contributed by atoms with Crippen LogP contribution in [0.15, 0.2) is 30.9 Å². The van der Waals surface area contributed by atoms with Gasteiger partial charge in [-0.15, -0.1) is 12.1 Å². The molecule has 0 spiro atoms. The Labute approximate surface area is 96.2 Å². The molecule has 0 aliphatic carbocycles. The molecule has 0 radical (unpaired) electrons. The van der Waals surface area contributed by atoms with E-state index >= 15 is 0 Å². The summed E-state index contributed by atoms with van der Waals surface area (Å²) in [6, 6.07) is 8.80. The monoisotopic (exact) mass is 290 g/mol. The summed E-state index contributed by atoms with van der Waals surface area (Å²) in [4.78, 5) is 0. The van der Waals surface area contributed by atoms with E-state index in [1.54, 1.807) is 6.08 Å². The topological polar surface area (TPSA) is 9.23 Å². The Kier molecular flexibility index (Phi) is 8.37. The van der Waals surface area contributed by atoms with Crippen molar-refractivity contribution in [2.45, 2.75) is 6.92 Å². The van der Waals surface area contributed by atoms with Crippen LogP contribution in [0.3, 0.4) is 0 Å². The van der Waals surface area contributed by atoms with Crippen LogP contribution in [0.2, 0.25) is 0 Å². The van der Waals surface area contributed by atoms with Gasteiger partial charge in [0.1, 0.15) is 6.61 Å². The molecule has 0 aromatic heterocycles. The van der Waals surface area contributed by atoms with Crippen LogP contribution in [0, 0.1) is 13.0 Å². The molecular weight excluding hydrogens is 281 g/mol. The summed E-state index contributed by atoms with van der Waals surface area (Å²) in [5, 5.41) is 0. The zero-order valence-corrected chi connectivity index (χ0v) is 12.3. The molecule has 0 aliphatic heterocycles. The van der Waals surface area contributed by atoms with Crippen molar-refractivity contribution in [2.24, 2.45) is 0 Å². The number of hydrogen-bond donors (Lipinski definition) is 0. The predicted octanol–water partition coefficient (Wildman–Crippen LogP) is 3.20. The van der Waals surface area contributed by atoms with Gasteiger partial charge < -0.3 is 4.74 Å². The summed E-state index contributed by atoms with van der Waals surface area (Å²) in [7, 11) is 0. The van der Waals surface area contributed by atoms with Gasteiger partial charge >= 0.3 is 30.0 Å². The van der Waals surface area contributed by atoms with Crippen molar-refractivity contribution < 1.29 is 21.1 Å². The van der Waals surface area contributed by atoms with E-state index in [-0.39, 0.29) is 0 Å². The molecule has 0 unspecified atom stereocenters. The first-order valence-corrected chi connectivity index (χ1v) is 10.8. The first-order valence-electron chi connectivity index (χ1n) is 3.81. The second-order valence-corrected chi connectivity index (χ2v) is 2.33. The second-order valence-electron chi connectivity index (χ2n) is 2.33. The first kappa shape index (κ1) is 12.9. The van der Waals surface area contributed by atoms with E-state index in [1.165, 1.54) is 21.9 Å². The predicted molar refractivity (Wildman–Crippen MR) is 54.6 cm³/mol. The zero-order chi connectivity index (χ0) is 10.1. The van der Waals surface area contributed by atoms with Crippen LogP contribution in [0.25, 0.3) is 0 Å². The Bertz CT molecular complexity index is 233. The van der Waals surface area contributed by atoms with Gasteiger partial charge in [-0.25, -0.2) is 0 Å². The quantitative estimate of drug-likeness (QED) is 0.472. The van der Waals surface area contributed by atoms with E-state index in [2.05, 4.69) is 26.3 Å². The van der Waals surface area contributed by atoms with Crippen LogP contribution < -0.4 is 4.74 Å². The number of rotatable bonds is 3. The van der Waals surface area contributed by atoms with Crippen LogP contribution in [0.4, 0.5) is 0 Å². The van der Waals surface area contributed by atoms with Crippen LogP contribution in [0.1, 0.15) is 5.56 Å². The maximum absolute atomic E-state index is 5.24. The molecular formula is C10H11BrOZn. The average molecular weight is 292 g/mol. The fourth-order valence-corrected chi connectivity index (χ4v) is 0.727. The van der Waals surface area contributed by atoms with Crippen molar-refractivity contribution in [3.8, 4) is 5.75 Å². The van der Waals surface area contributed by atoms with Crippen molar-refractivity contribution in [2.75, 3.05) is 6.61 Å². The van der Waals surface area contributed by atoms with E-state index in [9.17, 15) is 0 Å². The summed E-state index contributed by atoms with van der Waals surface area (Å²) in [5.74, 6) is 0.774. The number of ether oxygens (including phenoxy) is 1. The Morgan fingerprint density at radius 3 is 2.77 bits per heavy atom. The third kappa shape index (κ3) is 6.01. The summed E-state index contributed by atoms with van der Waals surface area (Å²) in [5.41, 5.74) is 1.19. The third-order valence-corrected chi connectivity index (χ3v) is 1.30. The van der Waals surface area contributed by atoms with Gasteiger partial charge in [0.25, 0.3) is 0 Å². The molecule has 0 amide bonds. The normalized spacial score (nSPS) is 8.31. The average Bonchev–Trinajstić information content (AvgIpc) is 2.20.